The summed E-state index contributed by atoms with van der Waals surface area (Å²) in [5.41, 5.74) is 6.53. The molecule has 0 atom stereocenters. The van der Waals surface area contributed by atoms with Gasteiger partial charge in [-0.05, 0) is 42.0 Å². The molecule has 130 valence electrons. The highest BCUT2D eigenvalue weighted by Crippen LogP contribution is 2.28. The Labute approximate surface area is 150 Å². The highest BCUT2D eigenvalue weighted by atomic mass is 35.5. The van der Waals surface area contributed by atoms with Crippen LogP contribution in [0.25, 0.3) is 6.08 Å². The fraction of sp³-hybridized carbons (Fsp3) is 0.111. The molecule has 2 amide bonds. The Morgan fingerprint density at radius 2 is 1.80 bits per heavy atom. The van der Waals surface area contributed by atoms with Crippen molar-refractivity contribution < 1.29 is 19.1 Å². The molecule has 0 aliphatic heterocycles. The average molecular weight is 361 g/mol. The summed E-state index contributed by atoms with van der Waals surface area (Å²) >= 11 is 6.01. The van der Waals surface area contributed by atoms with Crippen molar-refractivity contribution in [3.8, 4) is 11.5 Å². The topological polar surface area (TPSA) is 90.6 Å². The molecule has 0 saturated carbocycles. The third-order valence-corrected chi connectivity index (χ3v) is 3.67. The SMILES string of the molecule is COc1ccc(/C=C/C(=O)Nc2cc(C(N)=O)ccc2Cl)cc1OC. The molecule has 6 nitrogen and oxygen atoms in total. The largest absolute Gasteiger partial charge is 0.493 e. The van der Waals surface area contributed by atoms with Crippen molar-refractivity contribution in [2.24, 2.45) is 5.73 Å². The van der Waals surface area contributed by atoms with Gasteiger partial charge in [0.2, 0.25) is 11.8 Å². The smallest absolute Gasteiger partial charge is 0.248 e. The quantitative estimate of drug-likeness (QED) is 0.774. The minimum absolute atomic E-state index is 0.253. The molecule has 0 aromatic heterocycles. The van der Waals surface area contributed by atoms with E-state index in [9.17, 15) is 9.59 Å². The number of ether oxygens (including phenoxy) is 2. The Morgan fingerprint density at radius 3 is 2.44 bits per heavy atom. The van der Waals surface area contributed by atoms with Gasteiger partial charge in [0, 0.05) is 11.6 Å². The van der Waals surface area contributed by atoms with Crippen LogP contribution in [0.5, 0.6) is 11.5 Å². The first-order chi connectivity index (χ1) is 11.9. The van der Waals surface area contributed by atoms with Crippen molar-refractivity contribution in [3.05, 3.63) is 58.6 Å². The third kappa shape index (κ3) is 4.74. The number of benzene rings is 2. The second-order valence-electron chi connectivity index (χ2n) is 5.00. The van der Waals surface area contributed by atoms with Gasteiger partial charge < -0.3 is 20.5 Å². The van der Waals surface area contributed by atoms with Crippen molar-refractivity contribution >= 4 is 35.2 Å². The Hall–Kier alpha value is -2.99. The monoisotopic (exact) mass is 360 g/mol. The van der Waals surface area contributed by atoms with Gasteiger partial charge in [0.1, 0.15) is 0 Å². The number of nitrogens with two attached hydrogens (primary N) is 1. The number of rotatable bonds is 6. The van der Waals surface area contributed by atoms with Crippen LogP contribution in [0.2, 0.25) is 5.02 Å². The molecule has 0 saturated heterocycles. The lowest BCUT2D eigenvalue weighted by molar-refractivity contribution is -0.111. The maximum atomic E-state index is 12.1. The summed E-state index contributed by atoms with van der Waals surface area (Å²) in [5, 5.41) is 2.91. The summed E-state index contributed by atoms with van der Waals surface area (Å²) in [6.45, 7) is 0. The van der Waals surface area contributed by atoms with E-state index in [-0.39, 0.29) is 5.56 Å². The van der Waals surface area contributed by atoms with E-state index < -0.39 is 11.8 Å². The number of primary amides is 1. The molecule has 0 spiro atoms. The number of amides is 2. The predicted molar refractivity (Wildman–Crippen MR) is 97.2 cm³/mol. The van der Waals surface area contributed by atoms with E-state index in [0.29, 0.717) is 22.2 Å². The van der Waals surface area contributed by atoms with Crippen LogP contribution in [-0.2, 0) is 4.79 Å². The maximum absolute atomic E-state index is 12.1. The van der Waals surface area contributed by atoms with Crippen molar-refractivity contribution in [2.75, 3.05) is 19.5 Å². The number of nitrogens with one attached hydrogen (secondary N) is 1. The summed E-state index contributed by atoms with van der Waals surface area (Å²) in [5.74, 6) is 0.146. The van der Waals surface area contributed by atoms with Crippen LogP contribution in [0.1, 0.15) is 15.9 Å². The molecule has 0 fully saturated rings. The molecular weight excluding hydrogens is 344 g/mol. The fourth-order valence-corrected chi connectivity index (χ4v) is 2.24. The van der Waals surface area contributed by atoms with Gasteiger partial charge in [-0.15, -0.1) is 0 Å². The molecule has 0 bridgehead atoms. The standard InChI is InChI=1S/C18H17ClN2O4/c1-24-15-7-3-11(9-16(15)25-2)4-8-17(22)21-14-10-12(18(20)23)5-6-13(14)19/h3-10H,1-2H3,(H2,20,23)(H,21,22)/b8-4+. The molecule has 0 unspecified atom stereocenters. The highest BCUT2D eigenvalue weighted by molar-refractivity contribution is 6.34. The van der Waals surface area contributed by atoms with Gasteiger partial charge in [-0.25, -0.2) is 0 Å². The number of carbonyl (C=O) groups excluding carboxylic acids is 2. The summed E-state index contributed by atoms with van der Waals surface area (Å²) in [6.07, 6.45) is 2.96. The van der Waals surface area contributed by atoms with Gasteiger partial charge in [-0.2, -0.15) is 0 Å². The van der Waals surface area contributed by atoms with Crippen LogP contribution >= 0.6 is 11.6 Å². The molecule has 25 heavy (non-hydrogen) atoms. The zero-order chi connectivity index (χ0) is 18.4. The van der Waals surface area contributed by atoms with E-state index >= 15 is 0 Å². The number of carbonyl (C=O) groups is 2. The van der Waals surface area contributed by atoms with Crippen LogP contribution in [0.3, 0.4) is 0 Å². The summed E-state index contributed by atoms with van der Waals surface area (Å²) < 4.78 is 10.4. The summed E-state index contributed by atoms with van der Waals surface area (Å²) in [6, 6.07) is 9.67. The average Bonchev–Trinajstić information content (AvgIpc) is 2.61. The molecule has 2 aromatic carbocycles. The number of hydrogen-bond acceptors (Lipinski definition) is 4. The normalized spacial score (nSPS) is 10.5. The first-order valence-electron chi connectivity index (χ1n) is 7.25. The number of hydrogen-bond donors (Lipinski definition) is 2. The molecule has 0 aliphatic carbocycles. The third-order valence-electron chi connectivity index (χ3n) is 3.34. The van der Waals surface area contributed by atoms with Gasteiger partial charge in [0.05, 0.1) is 24.9 Å². The molecule has 0 radical (unpaired) electrons. The molecule has 2 rings (SSSR count). The lowest BCUT2D eigenvalue weighted by Gasteiger charge is -2.08. The van der Waals surface area contributed by atoms with Gasteiger partial charge in [-0.3, -0.25) is 9.59 Å². The van der Waals surface area contributed by atoms with Gasteiger partial charge >= 0.3 is 0 Å². The Kier molecular flexibility index (Phi) is 6.03. The molecule has 3 N–H and O–H groups in total. The van der Waals surface area contributed by atoms with Gasteiger partial charge in [0.25, 0.3) is 0 Å². The fourth-order valence-electron chi connectivity index (χ4n) is 2.08. The van der Waals surface area contributed by atoms with Crippen LogP contribution in [0.4, 0.5) is 5.69 Å². The molecule has 0 heterocycles. The molecule has 2 aromatic rings. The van der Waals surface area contributed by atoms with Crippen molar-refractivity contribution in [1.82, 2.24) is 0 Å². The first kappa shape index (κ1) is 18.4. The van der Waals surface area contributed by atoms with Crippen LogP contribution in [0.15, 0.2) is 42.5 Å². The lowest BCUT2D eigenvalue weighted by atomic mass is 10.1. The minimum atomic E-state index is -0.604. The van der Waals surface area contributed by atoms with Crippen molar-refractivity contribution in [3.63, 3.8) is 0 Å². The first-order valence-corrected chi connectivity index (χ1v) is 7.63. The zero-order valence-corrected chi connectivity index (χ0v) is 14.5. The summed E-state index contributed by atoms with van der Waals surface area (Å²) in [4.78, 5) is 23.3. The number of halogens is 1. The van der Waals surface area contributed by atoms with E-state index in [1.807, 2.05) is 0 Å². The Bertz CT molecular complexity index is 834. The van der Waals surface area contributed by atoms with Crippen molar-refractivity contribution in [1.29, 1.82) is 0 Å². The van der Waals surface area contributed by atoms with Gasteiger partial charge in [0.15, 0.2) is 11.5 Å². The zero-order valence-electron chi connectivity index (χ0n) is 13.7. The van der Waals surface area contributed by atoms with Crippen LogP contribution in [-0.4, -0.2) is 26.0 Å². The highest BCUT2D eigenvalue weighted by Gasteiger charge is 2.08. The Morgan fingerprint density at radius 1 is 1.08 bits per heavy atom. The molecule has 7 heteroatoms. The second-order valence-corrected chi connectivity index (χ2v) is 5.40. The van der Waals surface area contributed by atoms with Crippen molar-refractivity contribution in [2.45, 2.75) is 0 Å². The van der Waals surface area contributed by atoms with E-state index in [4.69, 9.17) is 26.8 Å². The van der Waals surface area contributed by atoms with Crippen LogP contribution in [0, 0.1) is 0 Å². The van der Waals surface area contributed by atoms with E-state index in [1.165, 1.54) is 31.4 Å². The van der Waals surface area contributed by atoms with E-state index in [0.717, 1.165) is 5.56 Å². The van der Waals surface area contributed by atoms with Crippen LogP contribution < -0.4 is 20.5 Å². The minimum Gasteiger partial charge on any atom is -0.493 e. The Balaban J connectivity index is 2.14. The van der Waals surface area contributed by atoms with E-state index in [1.54, 1.807) is 31.4 Å². The predicted octanol–water partition coefficient (Wildman–Crippen LogP) is 3.11. The maximum Gasteiger partial charge on any atom is 0.248 e. The number of anilines is 1. The lowest BCUT2D eigenvalue weighted by Crippen LogP contribution is -2.13. The number of methoxy groups -OCH3 is 2. The van der Waals surface area contributed by atoms with E-state index in [2.05, 4.69) is 5.32 Å². The molecular formula is C18H17ClN2O4. The second kappa shape index (κ2) is 8.21. The molecule has 0 aliphatic rings. The summed E-state index contributed by atoms with van der Waals surface area (Å²) in [7, 11) is 3.08. The van der Waals surface area contributed by atoms with Gasteiger partial charge in [-0.1, -0.05) is 17.7 Å².